The molecule has 2 amide bonds. The van der Waals surface area contributed by atoms with E-state index in [0.717, 1.165) is 11.1 Å². The molecule has 174 valence electrons. The summed E-state index contributed by atoms with van der Waals surface area (Å²) in [4.78, 5) is 35.6. The van der Waals surface area contributed by atoms with Crippen LogP contribution in [-0.2, 0) is 16.1 Å². The lowest BCUT2D eigenvalue weighted by Crippen LogP contribution is -2.34. The third-order valence-electron chi connectivity index (χ3n) is 4.80. The van der Waals surface area contributed by atoms with Crippen molar-refractivity contribution < 1.29 is 23.9 Å². The van der Waals surface area contributed by atoms with Crippen molar-refractivity contribution in [2.75, 3.05) is 13.7 Å². The highest BCUT2D eigenvalue weighted by atomic mass is 16.5. The first kappa shape index (κ1) is 24.2. The fourth-order valence-electron chi connectivity index (χ4n) is 2.92. The van der Waals surface area contributed by atoms with E-state index < -0.39 is 11.9 Å². The average molecular weight is 460 g/mol. The molecule has 3 rings (SSSR count). The fourth-order valence-corrected chi connectivity index (χ4v) is 2.92. The Hall–Kier alpha value is -4.46. The van der Waals surface area contributed by atoms with Crippen molar-refractivity contribution in [3.05, 3.63) is 101 Å². The van der Waals surface area contributed by atoms with Crippen molar-refractivity contribution in [1.82, 2.24) is 10.7 Å². The molecule has 3 aromatic carbocycles. The zero-order valence-corrected chi connectivity index (χ0v) is 18.9. The van der Waals surface area contributed by atoms with Crippen LogP contribution in [0.1, 0.15) is 37.4 Å². The topological polar surface area (TPSA) is 106 Å². The van der Waals surface area contributed by atoms with E-state index >= 15 is 0 Å². The maximum atomic E-state index is 12.1. The molecule has 0 aliphatic heterocycles. The van der Waals surface area contributed by atoms with Gasteiger partial charge in [-0.25, -0.2) is 10.2 Å². The zero-order valence-electron chi connectivity index (χ0n) is 18.9. The molecule has 0 saturated heterocycles. The largest absolute Gasteiger partial charge is 0.488 e. The number of esters is 1. The number of hydrazone groups is 1. The summed E-state index contributed by atoms with van der Waals surface area (Å²) in [6.07, 6.45) is 1.47. The molecular weight excluding hydrogens is 434 g/mol. The smallest absolute Gasteiger partial charge is 0.337 e. The van der Waals surface area contributed by atoms with Crippen molar-refractivity contribution >= 4 is 24.0 Å². The van der Waals surface area contributed by atoms with Crippen molar-refractivity contribution in [3.63, 3.8) is 0 Å². The highest BCUT2D eigenvalue weighted by Gasteiger charge is 2.08. The van der Waals surface area contributed by atoms with Gasteiger partial charge in [-0.3, -0.25) is 9.59 Å². The number of carbonyl (C=O) groups excluding carboxylic acids is 3. The molecule has 0 spiro atoms. The van der Waals surface area contributed by atoms with Crippen LogP contribution >= 0.6 is 0 Å². The molecule has 0 bridgehead atoms. The molecule has 0 heterocycles. The van der Waals surface area contributed by atoms with Crippen LogP contribution in [0.15, 0.2) is 77.9 Å². The molecule has 8 heteroatoms. The molecular formula is C26H25N3O5. The van der Waals surface area contributed by atoms with Gasteiger partial charge in [-0.1, -0.05) is 42.0 Å². The summed E-state index contributed by atoms with van der Waals surface area (Å²) < 4.78 is 10.6. The number of nitrogens with one attached hydrogen (secondary N) is 2. The van der Waals surface area contributed by atoms with Gasteiger partial charge in [0.2, 0.25) is 0 Å². The Morgan fingerprint density at radius 2 is 1.59 bits per heavy atom. The Bertz CT molecular complexity index is 1170. The van der Waals surface area contributed by atoms with Crippen LogP contribution < -0.4 is 15.5 Å². The minimum Gasteiger partial charge on any atom is -0.488 e. The van der Waals surface area contributed by atoms with Crippen LogP contribution in [0.4, 0.5) is 0 Å². The van der Waals surface area contributed by atoms with E-state index in [1.165, 1.54) is 13.3 Å². The van der Waals surface area contributed by atoms with E-state index in [0.29, 0.717) is 22.4 Å². The molecule has 2 N–H and O–H groups in total. The summed E-state index contributed by atoms with van der Waals surface area (Å²) in [6.45, 7) is 2.01. The van der Waals surface area contributed by atoms with Gasteiger partial charge >= 0.3 is 5.97 Å². The van der Waals surface area contributed by atoms with E-state index in [4.69, 9.17) is 9.47 Å². The van der Waals surface area contributed by atoms with Gasteiger partial charge in [0, 0.05) is 11.1 Å². The minimum atomic E-state index is -0.458. The van der Waals surface area contributed by atoms with Crippen LogP contribution in [0.5, 0.6) is 5.75 Å². The molecule has 0 aliphatic carbocycles. The highest BCUT2D eigenvalue weighted by molar-refractivity contribution is 5.96. The van der Waals surface area contributed by atoms with E-state index in [2.05, 4.69) is 15.8 Å². The number of para-hydroxylation sites is 1. The lowest BCUT2D eigenvalue weighted by molar-refractivity contribution is -0.120. The Morgan fingerprint density at radius 1 is 0.912 bits per heavy atom. The van der Waals surface area contributed by atoms with Gasteiger partial charge in [-0.05, 0) is 48.9 Å². The molecule has 0 fully saturated rings. The predicted octanol–water partition coefficient (Wildman–Crippen LogP) is 3.24. The van der Waals surface area contributed by atoms with Crippen molar-refractivity contribution in [1.29, 1.82) is 0 Å². The second-order valence-electron chi connectivity index (χ2n) is 7.36. The molecule has 0 aromatic heterocycles. The standard InChI is InChI=1S/C26H25N3O5/c1-18-7-11-20(12-8-18)25(31)27-16-24(30)29-28-15-22-5-3-4-6-23(22)34-17-19-9-13-21(14-10-19)26(32)33-2/h3-15H,16-17H2,1-2H3,(H,27,31)(H,29,30)/b28-15+. The Balaban J connectivity index is 1.50. The number of benzene rings is 3. The Kier molecular flexibility index (Phi) is 8.51. The monoisotopic (exact) mass is 459 g/mol. The summed E-state index contributed by atoms with van der Waals surface area (Å²) in [7, 11) is 1.34. The molecule has 8 nitrogen and oxygen atoms in total. The molecule has 0 atom stereocenters. The number of hydrogen-bond acceptors (Lipinski definition) is 6. The zero-order chi connectivity index (χ0) is 24.3. The van der Waals surface area contributed by atoms with Gasteiger partial charge < -0.3 is 14.8 Å². The third kappa shape index (κ3) is 7.03. The van der Waals surface area contributed by atoms with Crippen LogP contribution in [0.2, 0.25) is 0 Å². The molecule has 0 unspecified atom stereocenters. The van der Waals surface area contributed by atoms with Gasteiger partial charge in [0.1, 0.15) is 12.4 Å². The summed E-state index contributed by atoms with van der Waals surface area (Å²) in [5.41, 5.74) is 5.91. The molecule has 0 saturated carbocycles. The van der Waals surface area contributed by atoms with Gasteiger partial charge in [0.25, 0.3) is 11.8 Å². The van der Waals surface area contributed by atoms with E-state index in [9.17, 15) is 14.4 Å². The fraction of sp³-hybridized carbons (Fsp3) is 0.154. The minimum absolute atomic E-state index is 0.205. The maximum absolute atomic E-state index is 12.1. The first-order valence-electron chi connectivity index (χ1n) is 10.5. The van der Waals surface area contributed by atoms with Gasteiger partial charge in [-0.15, -0.1) is 0 Å². The first-order valence-corrected chi connectivity index (χ1v) is 10.5. The van der Waals surface area contributed by atoms with Crippen LogP contribution in [0.3, 0.4) is 0 Å². The summed E-state index contributed by atoms with van der Waals surface area (Å²) >= 11 is 0. The predicted molar refractivity (Wildman–Crippen MR) is 128 cm³/mol. The maximum Gasteiger partial charge on any atom is 0.337 e. The summed E-state index contributed by atoms with van der Waals surface area (Å²) in [6, 6.07) is 21.2. The highest BCUT2D eigenvalue weighted by Crippen LogP contribution is 2.18. The summed E-state index contributed by atoms with van der Waals surface area (Å²) in [5, 5.41) is 6.51. The van der Waals surface area contributed by atoms with E-state index in [-0.39, 0.29) is 19.1 Å². The van der Waals surface area contributed by atoms with E-state index in [1.807, 2.05) is 31.2 Å². The second-order valence-corrected chi connectivity index (χ2v) is 7.36. The average Bonchev–Trinajstić information content (AvgIpc) is 2.87. The van der Waals surface area contributed by atoms with Crippen molar-refractivity contribution in [2.45, 2.75) is 13.5 Å². The number of ether oxygens (including phenoxy) is 2. The lowest BCUT2D eigenvalue weighted by Gasteiger charge is -2.09. The Labute approximate surface area is 197 Å². The quantitative estimate of drug-likeness (QED) is 0.290. The van der Waals surface area contributed by atoms with Crippen molar-refractivity contribution in [3.8, 4) is 5.75 Å². The number of aryl methyl sites for hydroxylation is 1. The Morgan fingerprint density at radius 3 is 2.29 bits per heavy atom. The van der Waals surface area contributed by atoms with Crippen LogP contribution in [0, 0.1) is 6.92 Å². The third-order valence-corrected chi connectivity index (χ3v) is 4.80. The van der Waals surface area contributed by atoms with Crippen molar-refractivity contribution in [2.24, 2.45) is 5.10 Å². The number of rotatable bonds is 9. The lowest BCUT2D eigenvalue weighted by atomic mass is 10.1. The van der Waals surface area contributed by atoms with Gasteiger partial charge in [0.05, 0.1) is 25.4 Å². The second kappa shape index (κ2) is 12.0. The number of carbonyl (C=O) groups is 3. The molecule has 0 aliphatic rings. The number of methoxy groups -OCH3 is 1. The van der Waals surface area contributed by atoms with Crippen LogP contribution in [-0.4, -0.2) is 37.7 Å². The first-order chi connectivity index (χ1) is 16.5. The SMILES string of the molecule is COC(=O)c1ccc(COc2ccccc2/C=N/NC(=O)CNC(=O)c2ccc(C)cc2)cc1. The number of hydrogen-bond donors (Lipinski definition) is 2. The molecule has 0 radical (unpaired) electrons. The van der Waals surface area contributed by atoms with E-state index in [1.54, 1.807) is 48.5 Å². The van der Waals surface area contributed by atoms with Gasteiger partial charge in [-0.2, -0.15) is 5.10 Å². The summed E-state index contributed by atoms with van der Waals surface area (Å²) in [5.74, 6) is -0.616. The van der Waals surface area contributed by atoms with Crippen LogP contribution in [0.25, 0.3) is 0 Å². The molecule has 3 aromatic rings. The normalized spacial score (nSPS) is 10.5. The number of nitrogens with zero attached hydrogens (tertiary/aromatic N) is 1. The molecule has 34 heavy (non-hydrogen) atoms. The number of amides is 2. The van der Waals surface area contributed by atoms with Gasteiger partial charge in [0.15, 0.2) is 0 Å².